The predicted octanol–water partition coefficient (Wildman–Crippen LogP) is 1.71. The molecule has 1 saturated heterocycles. The van der Waals surface area contributed by atoms with Crippen molar-refractivity contribution in [3.63, 3.8) is 0 Å². The Bertz CT molecular complexity index is 618. The van der Waals surface area contributed by atoms with E-state index in [0.717, 1.165) is 44.6 Å². The van der Waals surface area contributed by atoms with E-state index in [1.165, 1.54) is 0 Å². The van der Waals surface area contributed by atoms with Gasteiger partial charge in [-0.2, -0.15) is 4.98 Å². The third-order valence-electron chi connectivity index (χ3n) is 4.34. The minimum atomic E-state index is -0.135. The van der Waals surface area contributed by atoms with Crippen LogP contribution >= 0.6 is 0 Å². The molecule has 1 fully saturated rings. The van der Waals surface area contributed by atoms with Gasteiger partial charge in [0.25, 0.3) is 5.91 Å². The van der Waals surface area contributed by atoms with Gasteiger partial charge < -0.3 is 14.2 Å². The first-order chi connectivity index (χ1) is 11.4. The Morgan fingerprint density at radius 3 is 2.75 bits per heavy atom. The van der Waals surface area contributed by atoms with Gasteiger partial charge in [-0.1, -0.05) is 25.9 Å². The van der Waals surface area contributed by atoms with Crippen LogP contribution in [0.25, 0.3) is 0 Å². The molecule has 2 aliphatic heterocycles. The average molecular weight is 334 g/mol. The Kier molecular flexibility index (Phi) is 4.89. The second-order valence-corrected chi connectivity index (χ2v) is 7.45. The van der Waals surface area contributed by atoms with Crippen LogP contribution < -0.4 is 0 Å². The van der Waals surface area contributed by atoms with Crippen molar-refractivity contribution in [2.24, 2.45) is 0 Å². The molecule has 0 atom stereocenters. The number of aromatic nitrogens is 2. The summed E-state index contributed by atoms with van der Waals surface area (Å²) in [6, 6.07) is 0. The second-order valence-electron chi connectivity index (χ2n) is 7.45. The zero-order chi connectivity index (χ0) is 17.2. The van der Waals surface area contributed by atoms with E-state index in [9.17, 15) is 4.79 Å². The van der Waals surface area contributed by atoms with Gasteiger partial charge in [0.2, 0.25) is 5.89 Å². The summed E-state index contributed by atoms with van der Waals surface area (Å²) in [4.78, 5) is 21.2. The highest BCUT2D eigenvalue weighted by Gasteiger charge is 2.25. The lowest BCUT2D eigenvalue weighted by molar-refractivity contribution is -0.127. The molecule has 0 unspecified atom stereocenters. The van der Waals surface area contributed by atoms with E-state index in [-0.39, 0.29) is 11.3 Å². The van der Waals surface area contributed by atoms with Crippen LogP contribution in [0.5, 0.6) is 0 Å². The van der Waals surface area contributed by atoms with Gasteiger partial charge in [0, 0.05) is 38.0 Å². The number of ether oxygens (including phenoxy) is 1. The summed E-state index contributed by atoms with van der Waals surface area (Å²) in [5.74, 6) is 1.49. The van der Waals surface area contributed by atoms with Crippen molar-refractivity contribution in [3.05, 3.63) is 23.6 Å². The number of rotatable bonds is 3. The van der Waals surface area contributed by atoms with E-state index in [4.69, 9.17) is 9.26 Å². The molecule has 0 radical (unpaired) electrons. The highest BCUT2D eigenvalue weighted by atomic mass is 16.5. The van der Waals surface area contributed by atoms with Crippen LogP contribution in [0.4, 0.5) is 0 Å². The summed E-state index contributed by atoms with van der Waals surface area (Å²) in [7, 11) is 0. The van der Waals surface area contributed by atoms with Crippen LogP contribution in [0.15, 0.2) is 16.4 Å². The quantitative estimate of drug-likeness (QED) is 0.838. The van der Waals surface area contributed by atoms with Gasteiger partial charge in [0.05, 0.1) is 25.0 Å². The lowest BCUT2D eigenvalue weighted by atomic mass is 9.97. The van der Waals surface area contributed by atoms with Gasteiger partial charge in [-0.05, 0) is 6.42 Å². The van der Waals surface area contributed by atoms with Gasteiger partial charge in [-0.3, -0.25) is 9.69 Å². The molecule has 1 aromatic rings. The number of carbonyl (C=O) groups excluding carboxylic acids is 1. The summed E-state index contributed by atoms with van der Waals surface area (Å²) in [5, 5.41) is 4.09. The molecule has 0 spiro atoms. The molecule has 0 aliphatic carbocycles. The summed E-state index contributed by atoms with van der Waals surface area (Å²) in [6.45, 7) is 10.7. The maximum absolute atomic E-state index is 12.5. The number of amides is 1. The molecule has 0 bridgehead atoms. The van der Waals surface area contributed by atoms with Crippen molar-refractivity contribution in [2.45, 2.75) is 45.6 Å². The van der Waals surface area contributed by atoms with Crippen LogP contribution in [0.2, 0.25) is 0 Å². The van der Waals surface area contributed by atoms with Gasteiger partial charge >= 0.3 is 0 Å². The molecule has 3 rings (SSSR count). The molecular formula is C17H26N4O3. The predicted molar refractivity (Wildman–Crippen MR) is 88.1 cm³/mol. The van der Waals surface area contributed by atoms with E-state index in [1.54, 1.807) is 6.26 Å². The van der Waals surface area contributed by atoms with E-state index in [0.29, 0.717) is 24.9 Å². The van der Waals surface area contributed by atoms with Crippen molar-refractivity contribution in [1.82, 2.24) is 19.9 Å². The molecule has 3 heterocycles. The first-order valence-electron chi connectivity index (χ1n) is 8.59. The molecule has 132 valence electrons. The molecule has 24 heavy (non-hydrogen) atoms. The lowest BCUT2D eigenvalue weighted by Crippen LogP contribution is -2.35. The Labute approximate surface area is 142 Å². The van der Waals surface area contributed by atoms with Crippen molar-refractivity contribution >= 4 is 5.91 Å². The Morgan fingerprint density at radius 1 is 1.25 bits per heavy atom. The van der Waals surface area contributed by atoms with Gasteiger partial charge in [0.15, 0.2) is 5.82 Å². The third-order valence-corrected chi connectivity index (χ3v) is 4.34. The fourth-order valence-electron chi connectivity index (χ4n) is 2.90. The van der Waals surface area contributed by atoms with Crippen LogP contribution in [-0.4, -0.2) is 58.6 Å². The van der Waals surface area contributed by atoms with Gasteiger partial charge in [-0.15, -0.1) is 0 Å². The average Bonchev–Trinajstić information content (AvgIpc) is 3.15. The zero-order valence-electron chi connectivity index (χ0n) is 14.7. The summed E-state index contributed by atoms with van der Waals surface area (Å²) >= 11 is 0. The Morgan fingerprint density at radius 2 is 2.08 bits per heavy atom. The zero-order valence-corrected chi connectivity index (χ0v) is 14.7. The highest BCUT2D eigenvalue weighted by molar-refractivity contribution is 5.93. The summed E-state index contributed by atoms with van der Waals surface area (Å²) in [5.41, 5.74) is 0.654. The molecule has 0 N–H and O–H groups in total. The summed E-state index contributed by atoms with van der Waals surface area (Å²) < 4.78 is 10.5. The van der Waals surface area contributed by atoms with Gasteiger partial charge in [-0.25, -0.2) is 0 Å². The smallest absolute Gasteiger partial charge is 0.253 e. The van der Waals surface area contributed by atoms with Crippen molar-refractivity contribution in [2.75, 3.05) is 32.8 Å². The van der Waals surface area contributed by atoms with Crippen LogP contribution in [0.1, 0.15) is 45.3 Å². The fraction of sp³-hybridized carbons (Fsp3) is 0.706. The maximum Gasteiger partial charge on any atom is 0.253 e. The Hall–Kier alpha value is -1.89. The normalized spacial score (nSPS) is 19.8. The molecule has 1 aromatic heterocycles. The second kappa shape index (κ2) is 6.93. The minimum absolute atomic E-state index is 0.115. The first kappa shape index (κ1) is 17.0. The molecule has 0 aromatic carbocycles. The molecule has 0 saturated carbocycles. The van der Waals surface area contributed by atoms with Crippen LogP contribution in [0, 0.1) is 0 Å². The number of carbonyl (C=O) groups is 1. The topological polar surface area (TPSA) is 71.7 Å². The molecule has 2 aliphatic rings. The number of hydrogen-bond acceptors (Lipinski definition) is 6. The van der Waals surface area contributed by atoms with E-state index in [2.05, 4.69) is 35.8 Å². The molecule has 7 nitrogen and oxygen atoms in total. The van der Waals surface area contributed by atoms with E-state index in [1.807, 2.05) is 4.90 Å². The van der Waals surface area contributed by atoms with Crippen molar-refractivity contribution < 1.29 is 14.1 Å². The summed E-state index contributed by atoms with van der Waals surface area (Å²) in [6.07, 6.45) is 3.28. The lowest BCUT2D eigenvalue weighted by Gasteiger charge is -2.21. The Balaban J connectivity index is 1.55. The molecule has 1 amide bonds. The maximum atomic E-state index is 12.5. The van der Waals surface area contributed by atoms with Crippen LogP contribution in [0.3, 0.4) is 0 Å². The largest absolute Gasteiger partial charge is 0.500 e. The van der Waals surface area contributed by atoms with Gasteiger partial charge in [0.1, 0.15) is 0 Å². The fourth-order valence-corrected chi connectivity index (χ4v) is 2.90. The molecular weight excluding hydrogens is 308 g/mol. The SMILES string of the molecule is CC(C)(C)c1nc(CN2CCCN(C(=O)C3=COCC3)CC2)no1. The number of nitrogens with zero attached hydrogens (tertiary/aromatic N) is 4. The highest BCUT2D eigenvalue weighted by Crippen LogP contribution is 2.20. The minimum Gasteiger partial charge on any atom is -0.500 e. The third kappa shape index (κ3) is 3.95. The van der Waals surface area contributed by atoms with Crippen molar-refractivity contribution in [1.29, 1.82) is 0 Å². The van der Waals surface area contributed by atoms with Crippen molar-refractivity contribution in [3.8, 4) is 0 Å². The monoisotopic (exact) mass is 334 g/mol. The van der Waals surface area contributed by atoms with E-state index >= 15 is 0 Å². The standard InChI is InChI=1S/C17H26N4O3/c1-17(2,3)16-18-14(19-24-16)11-20-6-4-7-21(9-8-20)15(22)13-5-10-23-12-13/h12H,4-11H2,1-3H3. The molecule has 7 heteroatoms. The first-order valence-corrected chi connectivity index (χ1v) is 8.59. The van der Waals surface area contributed by atoms with Crippen LogP contribution in [-0.2, 0) is 21.5 Å². The van der Waals surface area contributed by atoms with E-state index < -0.39 is 0 Å². The number of hydrogen-bond donors (Lipinski definition) is 0.